The zero-order valence-corrected chi connectivity index (χ0v) is 11.6. The van der Waals surface area contributed by atoms with Gasteiger partial charge in [0.1, 0.15) is 11.5 Å². The Morgan fingerprint density at radius 1 is 1.50 bits per heavy atom. The zero-order valence-electron chi connectivity index (χ0n) is 9.41. The van der Waals surface area contributed by atoms with Gasteiger partial charge in [-0.1, -0.05) is 0 Å². The van der Waals surface area contributed by atoms with E-state index in [1.165, 1.54) is 0 Å². The van der Waals surface area contributed by atoms with Crippen LogP contribution in [0.5, 0.6) is 0 Å². The first-order chi connectivity index (χ1) is 8.63. The van der Waals surface area contributed by atoms with E-state index in [1.807, 2.05) is 28.7 Å². The van der Waals surface area contributed by atoms with Crippen LogP contribution in [0.25, 0.3) is 5.69 Å². The second kappa shape index (κ2) is 5.44. The molecule has 0 aliphatic carbocycles. The van der Waals surface area contributed by atoms with Crippen molar-refractivity contribution in [3.8, 4) is 5.69 Å². The van der Waals surface area contributed by atoms with Crippen LogP contribution in [0.2, 0.25) is 0 Å². The van der Waals surface area contributed by atoms with Crippen molar-refractivity contribution < 1.29 is 4.92 Å². The summed E-state index contributed by atoms with van der Waals surface area (Å²) in [6.07, 6.45) is 3.91. The Morgan fingerprint density at radius 3 is 2.94 bits per heavy atom. The first-order valence-corrected chi connectivity index (χ1v) is 6.38. The average molecular weight is 358 g/mol. The van der Waals surface area contributed by atoms with Crippen molar-refractivity contribution in [1.29, 1.82) is 0 Å². The minimum Gasteiger partial charge on any atom is -0.330 e. The van der Waals surface area contributed by atoms with Crippen LogP contribution in [0.15, 0.2) is 30.6 Å². The standard InChI is InChI=1S/C11H11IN4O2/c12-8-1-2-9(10(7-8)16(17)18)15-6-5-14-11(15)3-4-13/h1-2,5-7H,3-4,13H2. The molecule has 94 valence electrons. The maximum Gasteiger partial charge on any atom is 0.294 e. The van der Waals surface area contributed by atoms with E-state index in [9.17, 15) is 10.1 Å². The number of halogens is 1. The van der Waals surface area contributed by atoms with E-state index in [1.54, 1.807) is 29.1 Å². The molecule has 18 heavy (non-hydrogen) atoms. The molecular formula is C11H11IN4O2. The van der Waals surface area contributed by atoms with Crippen molar-refractivity contribution in [1.82, 2.24) is 9.55 Å². The van der Waals surface area contributed by atoms with Crippen LogP contribution in [0.4, 0.5) is 5.69 Å². The second-order valence-corrected chi connectivity index (χ2v) is 4.89. The van der Waals surface area contributed by atoms with Gasteiger partial charge in [0.05, 0.1) is 4.92 Å². The van der Waals surface area contributed by atoms with Gasteiger partial charge in [0.2, 0.25) is 0 Å². The number of aromatic nitrogens is 2. The van der Waals surface area contributed by atoms with Gasteiger partial charge in [-0.05, 0) is 41.3 Å². The molecular weight excluding hydrogens is 347 g/mol. The summed E-state index contributed by atoms with van der Waals surface area (Å²) in [7, 11) is 0. The molecule has 0 saturated heterocycles. The number of nitrogens with two attached hydrogens (primary N) is 1. The molecule has 0 aliphatic heterocycles. The minimum absolute atomic E-state index is 0.0678. The maximum absolute atomic E-state index is 11.1. The Labute approximate surface area is 117 Å². The molecule has 1 heterocycles. The molecule has 0 unspecified atom stereocenters. The van der Waals surface area contributed by atoms with E-state index in [2.05, 4.69) is 4.98 Å². The lowest BCUT2D eigenvalue weighted by Gasteiger charge is -2.08. The molecule has 1 aromatic carbocycles. The Bertz CT molecular complexity index is 582. The zero-order chi connectivity index (χ0) is 13.1. The van der Waals surface area contributed by atoms with Crippen molar-refractivity contribution in [2.24, 2.45) is 5.73 Å². The molecule has 0 amide bonds. The van der Waals surface area contributed by atoms with Gasteiger partial charge in [-0.2, -0.15) is 0 Å². The van der Waals surface area contributed by atoms with Gasteiger partial charge in [-0.3, -0.25) is 14.7 Å². The average Bonchev–Trinajstić information content (AvgIpc) is 2.77. The van der Waals surface area contributed by atoms with E-state index in [-0.39, 0.29) is 10.6 Å². The Kier molecular flexibility index (Phi) is 3.92. The highest BCUT2D eigenvalue weighted by atomic mass is 127. The number of rotatable bonds is 4. The fourth-order valence-electron chi connectivity index (χ4n) is 1.71. The Morgan fingerprint density at radius 2 is 2.28 bits per heavy atom. The lowest BCUT2D eigenvalue weighted by molar-refractivity contribution is -0.384. The lowest BCUT2D eigenvalue weighted by atomic mass is 10.2. The topological polar surface area (TPSA) is 87.0 Å². The monoisotopic (exact) mass is 358 g/mol. The van der Waals surface area contributed by atoms with Crippen LogP contribution in [-0.2, 0) is 6.42 Å². The Hall–Kier alpha value is -1.48. The minimum atomic E-state index is -0.385. The Balaban J connectivity index is 2.56. The molecule has 2 aromatic rings. The number of nitrogens with zero attached hydrogens (tertiary/aromatic N) is 3. The van der Waals surface area contributed by atoms with Crippen LogP contribution < -0.4 is 5.73 Å². The molecule has 1 aromatic heterocycles. The first kappa shape index (κ1) is 13.0. The second-order valence-electron chi connectivity index (χ2n) is 3.64. The summed E-state index contributed by atoms with van der Waals surface area (Å²) in [6.45, 7) is 0.454. The van der Waals surface area contributed by atoms with Gasteiger partial charge in [-0.25, -0.2) is 4.98 Å². The van der Waals surface area contributed by atoms with Crippen molar-refractivity contribution in [3.05, 3.63) is 50.1 Å². The van der Waals surface area contributed by atoms with Gasteiger partial charge in [-0.15, -0.1) is 0 Å². The summed E-state index contributed by atoms with van der Waals surface area (Å²) in [5.74, 6) is 0.724. The number of nitro benzene ring substituents is 1. The summed E-state index contributed by atoms with van der Waals surface area (Å²) in [6, 6.07) is 5.10. The molecule has 0 saturated carbocycles. The van der Waals surface area contributed by atoms with Crippen molar-refractivity contribution in [3.63, 3.8) is 0 Å². The third kappa shape index (κ3) is 2.51. The number of hydrogen-bond acceptors (Lipinski definition) is 4. The first-order valence-electron chi connectivity index (χ1n) is 5.30. The predicted molar refractivity (Wildman–Crippen MR) is 75.7 cm³/mol. The van der Waals surface area contributed by atoms with Gasteiger partial charge < -0.3 is 5.73 Å². The molecule has 2 rings (SSSR count). The van der Waals surface area contributed by atoms with Crippen molar-refractivity contribution >= 4 is 28.3 Å². The third-order valence-corrected chi connectivity index (χ3v) is 3.15. The van der Waals surface area contributed by atoms with Crippen molar-refractivity contribution in [2.45, 2.75) is 6.42 Å². The summed E-state index contributed by atoms with van der Waals surface area (Å²) in [5, 5.41) is 11.1. The van der Waals surface area contributed by atoms with E-state index in [0.29, 0.717) is 18.7 Å². The highest BCUT2D eigenvalue weighted by Gasteiger charge is 2.17. The molecule has 0 bridgehead atoms. The molecule has 0 fully saturated rings. The van der Waals surface area contributed by atoms with Crippen molar-refractivity contribution in [2.75, 3.05) is 6.54 Å². The molecule has 0 spiro atoms. The van der Waals surface area contributed by atoms with Crippen LogP contribution in [-0.4, -0.2) is 21.0 Å². The van der Waals surface area contributed by atoms with Crippen LogP contribution >= 0.6 is 22.6 Å². The summed E-state index contributed by atoms with van der Waals surface area (Å²) < 4.78 is 2.53. The maximum atomic E-state index is 11.1. The molecule has 0 aliphatic rings. The smallest absolute Gasteiger partial charge is 0.294 e. The molecule has 6 nitrogen and oxygen atoms in total. The molecule has 0 radical (unpaired) electrons. The third-order valence-electron chi connectivity index (χ3n) is 2.48. The highest BCUT2D eigenvalue weighted by Crippen LogP contribution is 2.26. The van der Waals surface area contributed by atoms with Gasteiger partial charge in [0, 0.05) is 28.5 Å². The largest absolute Gasteiger partial charge is 0.330 e. The summed E-state index contributed by atoms with van der Waals surface area (Å²) >= 11 is 2.05. The number of hydrogen-bond donors (Lipinski definition) is 1. The predicted octanol–water partition coefficient (Wildman–Crippen LogP) is 1.89. The van der Waals surface area contributed by atoms with E-state index < -0.39 is 0 Å². The summed E-state index contributed by atoms with van der Waals surface area (Å²) in [5.41, 5.74) is 6.08. The number of nitro groups is 1. The molecule has 0 atom stereocenters. The van der Waals surface area contributed by atoms with Gasteiger partial charge >= 0.3 is 0 Å². The van der Waals surface area contributed by atoms with Crippen LogP contribution in [0.1, 0.15) is 5.82 Å². The van der Waals surface area contributed by atoms with E-state index >= 15 is 0 Å². The SMILES string of the molecule is NCCc1nccn1-c1ccc(I)cc1[N+](=O)[O-]. The van der Waals surface area contributed by atoms with Crippen LogP contribution in [0.3, 0.4) is 0 Å². The normalized spacial score (nSPS) is 10.6. The fourth-order valence-corrected chi connectivity index (χ4v) is 2.19. The fraction of sp³-hybridized carbons (Fsp3) is 0.182. The van der Waals surface area contributed by atoms with E-state index in [4.69, 9.17) is 5.73 Å². The number of benzene rings is 1. The number of imidazole rings is 1. The van der Waals surface area contributed by atoms with E-state index in [0.717, 1.165) is 9.39 Å². The lowest BCUT2D eigenvalue weighted by Crippen LogP contribution is -2.09. The molecule has 2 N–H and O–H groups in total. The highest BCUT2D eigenvalue weighted by molar-refractivity contribution is 14.1. The van der Waals surface area contributed by atoms with Gasteiger partial charge in [0.15, 0.2) is 0 Å². The quantitative estimate of drug-likeness (QED) is 0.514. The summed E-state index contributed by atoms with van der Waals surface area (Å²) in [4.78, 5) is 14.9. The van der Waals surface area contributed by atoms with Crippen LogP contribution in [0, 0.1) is 13.7 Å². The van der Waals surface area contributed by atoms with Gasteiger partial charge in [0.25, 0.3) is 5.69 Å². The molecule has 7 heteroatoms.